The number of hydrogen-bond acceptors (Lipinski definition) is 3. The summed E-state index contributed by atoms with van der Waals surface area (Å²) in [6, 6.07) is 7.11. The van der Waals surface area contributed by atoms with Crippen molar-refractivity contribution in [3.63, 3.8) is 0 Å². The van der Waals surface area contributed by atoms with E-state index in [1.54, 1.807) is 18.2 Å². The van der Waals surface area contributed by atoms with Gasteiger partial charge in [0.05, 0.1) is 0 Å². The summed E-state index contributed by atoms with van der Waals surface area (Å²) in [4.78, 5) is 14.5. The van der Waals surface area contributed by atoms with Crippen LogP contribution in [0.1, 0.15) is 43.5 Å². The number of nitrogens with two attached hydrogens (primary N) is 1. The van der Waals surface area contributed by atoms with Gasteiger partial charge in [0.2, 0.25) is 0 Å². The van der Waals surface area contributed by atoms with E-state index in [0.29, 0.717) is 11.3 Å². The van der Waals surface area contributed by atoms with Gasteiger partial charge in [0.25, 0.3) is 5.91 Å². The van der Waals surface area contributed by atoms with Crippen molar-refractivity contribution >= 4 is 11.6 Å². The van der Waals surface area contributed by atoms with Gasteiger partial charge >= 0.3 is 0 Å². The first-order chi connectivity index (χ1) is 10.5. The summed E-state index contributed by atoms with van der Waals surface area (Å²) in [5.41, 5.74) is 6.96. The Bertz CT molecular complexity index is 479. The number of unbranched alkanes of at least 4 members (excludes halogenated alkanes) is 1. The lowest BCUT2D eigenvalue weighted by molar-refractivity contribution is 0.0951. The van der Waals surface area contributed by atoms with Gasteiger partial charge in [0, 0.05) is 30.9 Å². The van der Waals surface area contributed by atoms with Gasteiger partial charge in [0.1, 0.15) is 0 Å². The molecular weight excluding hydrogens is 274 g/mol. The first-order valence-electron chi connectivity index (χ1n) is 8.40. The van der Waals surface area contributed by atoms with Crippen LogP contribution in [-0.2, 0) is 0 Å². The third-order valence-corrected chi connectivity index (χ3v) is 4.28. The number of nitrogens with zero attached hydrogens (tertiary/aromatic N) is 1. The predicted molar refractivity (Wildman–Crippen MR) is 91.8 cm³/mol. The second-order valence-electron chi connectivity index (χ2n) is 6.79. The molecule has 1 aliphatic rings. The minimum absolute atomic E-state index is 0.0347. The molecule has 2 unspecified atom stereocenters. The van der Waals surface area contributed by atoms with E-state index >= 15 is 0 Å². The molecule has 1 aromatic rings. The van der Waals surface area contributed by atoms with Crippen molar-refractivity contribution in [2.75, 3.05) is 31.9 Å². The minimum Gasteiger partial charge on any atom is -0.399 e. The van der Waals surface area contributed by atoms with Crippen LogP contribution in [0.15, 0.2) is 24.3 Å². The van der Waals surface area contributed by atoms with Crippen LogP contribution in [0.25, 0.3) is 0 Å². The molecule has 0 saturated carbocycles. The fourth-order valence-corrected chi connectivity index (χ4v) is 3.42. The van der Waals surface area contributed by atoms with E-state index in [-0.39, 0.29) is 5.91 Å². The summed E-state index contributed by atoms with van der Waals surface area (Å²) < 4.78 is 0. The molecule has 2 rings (SSSR count). The summed E-state index contributed by atoms with van der Waals surface area (Å²) in [6.07, 6.45) is 3.51. The quantitative estimate of drug-likeness (QED) is 0.627. The van der Waals surface area contributed by atoms with E-state index in [1.165, 1.54) is 19.5 Å². The smallest absolute Gasteiger partial charge is 0.251 e. The number of likely N-dealkylation sites (tertiary alicyclic amines) is 1. The normalized spacial score (nSPS) is 22.5. The van der Waals surface area contributed by atoms with E-state index in [4.69, 9.17) is 5.73 Å². The van der Waals surface area contributed by atoms with Gasteiger partial charge in [-0.2, -0.15) is 0 Å². The number of nitrogens with one attached hydrogen (secondary N) is 1. The molecule has 0 spiro atoms. The lowest BCUT2D eigenvalue weighted by Crippen LogP contribution is -2.39. The van der Waals surface area contributed by atoms with Gasteiger partial charge in [-0.1, -0.05) is 19.9 Å². The van der Waals surface area contributed by atoms with Crippen LogP contribution in [0.5, 0.6) is 0 Å². The van der Waals surface area contributed by atoms with Crippen LogP contribution in [0.2, 0.25) is 0 Å². The number of carbonyl (C=O) groups is 1. The molecule has 1 amide bonds. The second-order valence-corrected chi connectivity index (χ2v) is 6.79. The van der Waals surface area contributed by atoms with Crippen LogP contribution >= 0.6 is 0 Å². The predicted octanol–water partition coefficient (Wildman–Crippen LogP) is 2.76. The molecular formula is C18H29N3O. The van der Waals surface area contributed by atoms with E-state index in [9.17, 15) is 4.79 Å². The van der Waals surface area contributed by atoms with Crippen molar-refractivity contribution in [1.82, 2.24) is 10.2 Å². The fourth-order valence-electron chi connectivity index (χ4n) is 3.42. The largest absolute Gasteiger partial charge is 0.399 e. The Morgan fingerprint density at radius 3 is 2.68 bits per heavy atom. The molecule has 0 radical (unpaired) electrons. The zero-order valence-electron chi connectivity index (χ0n) is 13.8. The molecule has 2 atom stereocenters. The molecule has 22 heavy (non-hydrogen) atoms. The van der Waals surface area contributed by atoms with E-state index in [2.05, 4.69) is 24.1 Å². The number of rotatable bonds is 6. The Labute approximate surface area is 134 Å². The summed E-state index contributed by atoms with van der Waals surface area (Å²) in [5.74, 6) is 1.59. The van der Waals surface area contributed by atoms with E-state index in [0.717, 1.165) is 37.8 Å². The Balaban J connectivity index is 1.62. The monoisotopic (exact) mass is 303 g/mol. The second kappa shape index (κ2) is 8.18. The van der Waals surface area contributed by atoms with Crippen LogP contribution < -0.4 is 11.1 Å². The Hall–Kier alpha value is -1.55. The number of amides is 1. The highest BCUT2D eigenvalue weighted by atomic mass is 16.1. The van der Waals surface area contributed by atoms with Crippen molar-refractivity contribution in [2.24, 2.45) is 11.8 Å². The number of piperidine rings is 1. The zero-order chi connectivity index (χ0) is 15.9. The lowest BCUT2D eigenvalue weighted by atomic mass is 9.92. The van der Waals surface area contributed by atoms with Gasteiger partial charge in [0.15, 0.2) is 0 Å². The third kappa shape index (κ3) is 5.34. The average Bonchev–Trinajstić information content (AvgIpc) is 2.45. The maximum Gasteiger partial charge on any atom is 0.251 e. The van der Waals surface area contributed by atoms with Crippen LogP contribution in [0.4, 0.5) is 5.69 Å². The van der Waals surface area contributed by atoms with Crippen molar-refractivity contribution in [3.05, 3.63) is 29.8 Å². The fraction of sp³-hybridized carbons (Fsp3) is 0.611. The number of nitrogen functional groups attached to an aromatic ring is 1. The van der Waals surface area contributed by atoms with Crippen molar-refractivity contribution in [3.8, 4) is 0 Å². The van der Waals surface area contributed by atoms with Gasteiger partial charge in [-0.15, -0.1) is 0 Å². The SMILES string of the molecule is CC1CC(C)CN(CCCCNC(=O)c2cccc(N)c2)C1. The average molecular weight is 303 g/mol. The molecule has 1 aromatic carbocycles. The maximum absolute atomic E-state index is 12.0. The molecule has 3 N–H and O–H groups in total. The molecule has 1 fully saturated rings. The molecule has 1 heterocycles. The summed E-state index contributed by atoms with van der Waals surface area (Å²) >= 11 is 0. The van der Waals surface area contributed by atoms with Crippen molar-refractivity contribution in [2.45, 2.75) is 33.1 Å². The molecule has 0 bridgehead atoms. The summed E-state index contributed by atoms with van der Waals surface area (Å²) in [7, 11) is 0. The van der Waals surface area contributed by atoms with Crippen LogP contribution in [-0.4, -0.2) is 37.0 Å². The highest BCUT2D eigenvalue weighted by Crippen LogP contribution is 2.20. The molecule has 1 aliphatic heterocycles. The zero-order valence-corrected chi connectivity index (χ0v) is 13.8. The number of benzene rings is 1. The molecule has 1 saturated heterocycles. The molecule has 0 aliphatic carbocycles. The summed E-state index contributed by atoms with van der Waals surface area (Å²) in [6.45, 7) is 9.00. The van der Waals surface area contributed by atoms with Crippen LogP contribution in [0.3, 0.4) is 0 Å². The Morgan fingerprint density at radius 1 is 1.27 bits per heavy atom. The number of hydrogen-bond donors (Lipinski definition) is 2. The van der Waals surface area contributed by atoms with Gasteiger partial charge < -0.3 is 16.0 Å². The van der Waals surface area contributed by atoms with E-state index in [1.807, 2.05) is 6.07 Å². The first kappa shape index (κ1) is 16.8. The molecule has 122 valence electrons. The van der Waals surface area contributed by atoms with Gasteiger partial charge in [-0.3, -0.25) is 4.79 Å². The number of anilines is 1. The summed E-state index contributed by atoms with van der Waals surface area (Å²) in [5, 5.41) is 2.97. The topological polar surface area (TPSA) is 58.4 Å². The Kier molecular flexibility index (Phi) is 6.25. The van der Waals surface area contributed by atoms with Gasteiger partial charge in [-0.05, 0) is 55.8 Å². The molecule has 0 aromatic heterocycles. The first-order valence-corrected chi connectivity index (χ1v) is 8.40. The van der Waals surface area contributed by atoms with Crippen molar-refractivity contribution in [1.29, 1.82) is 0 Å². The maximum atomic E-state index is 12.0. The lowest BCUT2D eigenvalue weighted by Gasteiger charge is -2.34. The number of carbonyl (C=O) groups excluding carboxylic acids is 1. The van der Waals surface area contributed by atoms with Gasteiger partial charge in [-0.25, -0.2) is 0 Å². The molecule has 4 nitrogen and oxygen atoms in total. The van der Waals surface area contributed by atoms with Crippen LogP contribution in [0, 0.1) is 11.8 Å². The van der Waals surface area contributed by atoms with Crippen molar-refractivity contribution < 1.29 is 4.79 Å². The Morgan fingerprint density at radius 2 is 2.00 bits per heavy atom. The standard InChI is InChI=1S/C18H29N3O/c1-14-10-15(2)13-21(12-14)9-4-3-8-20-18(22)16-6-5-7-17(19)11-16/h5-7,11,14-15H,3-4,8-10,12-13,19H2,1-2H3,(H,20,22). The minimum atomic E-state index is -0.0347. The van der Waals surface area contributed by atoms with E-state index < -0.39 is 0 Å². The third-order valence-electron chi connectivity index (χ3n) is 4.28. The highest BCUT2D eigenvalue weighted by Gasteiger charge is 2.20. The molecule has 4 heteroatoms. The highest BCUT2D eigenvalue weighted by molar-refractivity contribution is 5.94.